The van der Waals surface area contributed by atoms with Crippen molar-refractivity contribution in [1.29, 1.82) is 0 Å². The predicted octanol–water partition coefficient (Wildman–Crippen LogP) is 2.24. The summed E-state index contributed by atoms with van der Waals surface area (Å²) in [6.07, 6.45) is 3.09. The molecule has 1 saturated carbocycles. The molecule has 1 fully saturated rings. The summed E-state index contributed by atoms with van der Waals surface area (Å²) in [7, 11) is 0. The van der Waals surface area contributed by atoms with Crippen molar-refractivity contribution in [2.45, 2.75) is 31.2 Å². The first-order valence-corrected chi connectivity index (χ1v) is 5.55. The van der Waals surface area contributed by atoms with Gasteiger partial charge in [-0.2, -0.15) is 0 Å². The Bertz CT molecular complexity index is 455. The molecule has 1 aliphatic carbocycles. The van der Waals surface area contributed by atoms with Gasteiger partial charge in [-0.3, -0.25) is 0 Å². The van der Waals surface area contributed by atoms with E-state index in [4.69, 9.17) is 10.5 Å². The van der Waals surface area contributed by atoms with E-state index in [1.807, 2.05) is 0 Å². The Kier molecular flexibility index (Phi) is 1.98. The summed E-state index contributed by atoms with van der Waals surface area (Å²) >= 11 is 0. The second kappa shape index (κ2) is 3.17. The van der Waals surface area contributed by atoms with Crippen LogP contribution in [0.3, 0.4) is 0 Å². The summed E-state index contributed by atoms with van der Waals surface area (Å²) in [5.41, 5.74) is 6.65. The van der Waals surface area contributed by atoms with Gasteiger partial charge >= 0.3 is 0 Å². The first-order valence-electron chi connectivity index (χ1n) is 5.55. The SMILES string of the molecule is NC1(c2c(F)cc(F)c3c2CCO3)CCC1. The molecule has 1 aliphatic heterocycles. The summed E-state index contributed by atoms with van der Waals surface area (Å²) in [5.74, 6) is -0.936. The number of nitrogens with two attached hydrogens (primary N) is 1. The molecule has 0 unspecified atom stereocenters. The van der Waals surface area contributed by atoms with Crippen molar-refractivity contribution in [1.82, 2.24) is 0 Å². The maximum Gasteiger partial charge on any atom is 0.168 e. The molecule has 2 N–H and O–H groups in total. The molecule has 16 heavy (non-hydrogen) atoms. The van der Waals surface area contributed by atoms with E-state index in [1.165, 1.54) is 0 Å². The van der Waals surface area contributed by atoms with Gasteiger partial charge in [0.2, 0.25) is 0 Å². The smallest absolute Gasteiger partial charge is 0.168 e. The molecule has 86 valence electrons. The first kappa shape index (κ1) is 10.0. The first-order chi connectivity index (χ1) is 7.62. The van der Waals surface area contributed by atoms with Gasteiger partial charge in [0.25, 0.3) is 0 Å². The van der Waals surface area contributed by atoms with Crippen LogP contribution in [0.4, 0.5) is 8.78 Å². The van der Waals surface area contributed by atoms with Crippen molar-refractivity contribution in [2.24, 2.45) is 5.73 Å². The van der Waals surface area contributed by atoms with E-state index in [0.717, 1.165) is 25.3 Å². The molecule has 0 atom stereocenters. The zero-order chi connectivity index (χ0) is 11.3. The van der Waals surface area contributed by atoms with E-state index in [9.17, 15) is 8.78 Å². The topological polar surface area (TPSA) is 35.2 Å². The van der Waals surface area contributed by atoms with E-state index >= 15 is 0 Å². The minimum atomic E-state index is -0.614. The Morgan fingerprint density at radius 1 is 1.25 bits per heavy atom. The zero-order valence-electron chi connectivity index (χ0n) is 8.85. The number of halogens is 2. The van der Waals surface area contributed by atoms with E-state index in [0.29, 0.717) is 24.2 Å². The van der Waals surface area contributed by atoms with Gasteiger partial charge in [-0.15, -0.1) is 0 Å². The van der Waals surface area contributed by atoms with Crippen LogP contribution >= 0.6 is 0 Å². The lowest BCUT2D eigenvalue weighted by Gasteiger charge is -2.39. The predicted molar refractivity (Wildman–Crippen MR) is 55.3 cm³/mol. The number of rotatable bonds is 1. The lowest BCUT2D eigenvalue weighted by atomic mass is 9.70. The third-order valence-corrected chi connectivity index (χ3v) is 3.63. The van der Waals surface area contributed by atoms with E-state index < -0.39 is 17.2 Å². The lowest BCUT2D eigenvalue weighted by molar-refractivity contribution is 0.243. The van der Waals surface area contributed by atoms with Crippen LogP contribution in [0.1, 0.15) is 30.4 Å². The number of benzene rings is 1. The highest BCUT2D eigenvalue weighted by Gasteiger charge is 2.41. The maximum absolute atomic E-state index is 13.8. The normalized spacial score (nSPS) is 21.2. The fourth-order valence-electron chi connectivity index (χ4n) is 2.65. The highest BCUT2D eigenvalue weighted by molar-refractivity contribution is 5.48. The molecule has 4 heteroatoms. The van der Waals surface area contributed by atoms with Crippen LogP contribution in [0.5, 0.6) is 5.75 Å². The van der Waals surface area contributed by atoms with Crippen LogP contribution < -0.4 is 10.5 Å². The fraction of sp³-hybridized carbons (Fsp3) is 0.500. The van der Waals surface area contributed by atoms with Crippen molar-refractivity contribution < 1.29 is 13.5 Å². The van der Waals surface area contributed by atoms with Crippen LogP contribution in [-0.4, -0.2) is 6.61 Å². The Morgan fingerprint density at radius 3 is 2.62 bits per heavy atom. The average molecular weight is 225 g/mol. The molecule has 0 amide bonds. The molecular formula is C12H13F2NO. The van der Waals surface area contributed by atoms with Crippen LogP contribution in [-0.2, 0) is 12.0 Å². The molecule has 1 aromatic carbocycles. The largest absolute Gasteiger partial charge is 0.490 e. The van der Waals surface area contributed by atoms with Crippen LogP contribution in [0, 0.1) is 11.6 Å². The third-order valence-electron chi connectivity index (χ3n) is 3.63. The molecule has 0 bridgehead atoms. The van der Waals surface area contributed by atoms with E-state index in [1.54, 1.807) is 0 Å². The van der Waals surface area contributed by atoms with Crippen molar-refractivity contribution >= 4 is 0 Å². The Balaban J connectivity index is 2.21. The molecule has 0 saturated heterocycles. The van der Waals surface area contributed by atoms with Crippen LogP contribution in [0.25, 0.3) is 0 Å². The van der Waals surface area contributed by atoms with E-state index in [-0.39, 0.29) is 5.75 Å². The lowest BCUT2D eigenvalue weighted by Crippen LogP contribution is -2.44. The second-order valence-corrected chi connectivity index (χ2v) is 4.63. The van der Waals surface area contributed by atoms with Crippen molar-refractivity contribution in [3.05, 3.63) is 28.8 Å². The molecule has 0 spiro atoms. The second-order valence-electron chi connectivity index (χ2n) is 4.63. The van der Waals surface area contributed by atoms with Gasteiger partial charge in [0.15, 0.2) is 11.6 Å². The molecule has 1 aromatic rings. The Morgan fingerprint density at radius 2 is 2.00 bits per heavy atom. The van der Waals surface area contributed by atoms with Gasteiger partial charge < -0.3 is 10.5 Å². The minimum absolute atomic E-state index is 0.202. The molecule has 0 radical (unpaired) electrons. The van der Waals surface area contributed by atoms with Gasteiger partial charge in [-0.25, -0.2) is 8.78 Å². The molecule has 2 aliphatic rings. The molecule has 2 nitrogen and oxygen atoms in total. The summed E-state index contributed by atoms with van der Waals surface area (Å²) in [6, 6.07) is 0.895. The fourth-order valence-corrected chi connectivity index (χ4v) is 2.65. The third kappa shape index (κ3) is 1.19. The number of ether oxygens (including phenoxy) is 1. The standard InChI is InChI=1S/C12H13F2NO/c13-8-6-9(14)11-7(2-5-16-11)10(8)12(15)3-1-4-12/h6H,1-5,15H2. The van der Waals surface area contributed by atoms with Gasteiger partial charge in [0, 0.05) is 29.2 Å². The number of hydrogen-bond donors (Lipinski definition) is 1. The van der Waals surface area contributed by atoms with Gasteiger partial charge in [-0.05, 0) is 19.3 Å². The molecule has 0 aromatic heterocycles. The van der Waals surface area contributed by atoms with Crippen molar-refractivity contribution in [2.75, 3.05) is 6.61 Å². The zero-order valence-corrected chi connectivity index (χ0v) is 8.85. The Labute approximate surface area is 92.4 Å². The molecular weight excluding hydrogens is 212 g/mol. The van der Waals surface area contributed by atoms with Crippen LogP contribution in [0.2, 0.25) is 0 Å². The van der Waals surface area contributed by atoms with Gasteiger partial charge in [0.1, 0.15) is 5.82 Å². The van der Waals surface area contributed by atoms with Crippen molar-refractivity contribution in [3.8, 4) is 5.75 Å². The maximum atomic E-state index is 13.8. The number of hydrogen-bond acceptors (Lipinski definition) is 2. The monoisotopic (exact) mass is 225 g/mol. The molecule has 3 rings (SSSR count). The summed E-state index contributed by atoms with van der Waals surface area (Å²) in [4.78, 5) is 0. The Hall–Kier alpha value is -1.16. The summed E-state index contributed by atoms with van der Waals surface area (Å²) in [6.45, 7) is 0.415. The highest BCUT2D eigenvalue weighted by Crippen LogP contribution is 2.45. The average Bonchev–Trinajstić information content (AvgIpc) is 2.63. The van der Waals surface area contributed by atoms with Gasteiger partial charge in [-0.1, -0.05) is 0 Å². The summed E-state index contributed by atoms with van der Waals surface area (Å²) in [5, 5.41) is 0. The van der Waals surface area contributed by atoms with Gasteiger partial charge in [0.05, 0.1) is 6.61 Å². The van der Waals surface area contributed by atoms with E-state index in [2.05, 4.69) is 0 Å². The highest BCUT2D eigenvalue weighted by atomic mass is 19.1. The minimum Gasteiger partial charge on any atom is -0.490 e. The quantitative estimate of drug-likeness (QED) is 0.795. The molecule has 1 heterocycles. The van der Waals surface area contributed by atoms with Crippen molar-refractivity contribution in [3.63, 3.8) is 0 Å². The summed E-state index contributed by atoms with van der Waals surface area (Å²) < 4.78 is 32.5. The number of fused-ring (bicyclic) bond motifs is 1. The van der Waals surface area contributed by atoms with Crippen LogP contribution in [0.15, 0.2) is 6.07 Å².